The summed E-state index contributed by atoms with van der Waals surface area (Å²) in [5.74, 6) is -1.63. The van der Waals surface area contributed by atoms with Crippen molar-refractivity contribution in [2.24, 2.45) is 17.8 Å². The number of benzene rings is 1. The first-order valence-corrected chi connectivity index (χ1v) is 10.4. The van der Waals surface area contributed by atoms with Crippen molar-refractivity contribution < 1.29 is 37.0 Å². The number of nitrogens with zero attached hydrogens (tertiary/aromatic N) is 1. The third-order valence-electron chi connectivity index (χ3n) is 7.70. The minimum absolute atomic E-state index is 0.00363. The minimum Gasteiger partial charge on any atom is -0.469 e. The molecule has 2 bridgehead atoms. The van der Waals surface area contributed by atoms with Crippen LogP contribution < -0.4 is 4.90 Å². The van der Waals surface area contributed by atoms with Crippen molar-refractivity contribution in [2.75, 3.05) is 18.6 Å². The maximum atomic E-state index is 13.6. The van der Waals surface area contributed by atoms with Gasteiger partial charge in [-0.05, 0) is 38.0 Å². The molecule has 1 amide bonds. The Morgan fingerprint density at radius 2 is 2.10 bits per heavy atom. The highest BCUT2D eigenvalue weighted by atomic mass is 19.4. The van der Waals surface area contributed by atoms with Gasteiger partial charge in [0.05, 0.1) is 42.8 Å². The lowest BCUT2D eigenvalue weighted by Crippen LogP contribution is -2.55. The monoisotopic (exact) mass is 439 g/mol. The molecule has 0 unspecified atom stereocenters. The Morgan fingerprint density at radius 3 is 2.77 bits per heavy atom. The molecule has 5 rings (SSSR count). The lowest BCUT2D eigenvalue weighted by Gasteiger charge is -2.45. The SMILES string of the molecule is COC(=O)C[C@@H]1C[C@]2(C)O[C@]13CCO[C@@H]1[C@H]3[C@H]2C(=O)N1c1cccc(C(F)(F)F)c1C. The Labute approximate surface area is 177 Å². The Morgan fingerprint density at radius 1 is 1.35 bits per heavy atom. The van der Waals surface area contributed by atoms with Crippen LogP contribution in [-0.4, -0.2) is 43.0 Å². The van der Waals surface area contributed by atoms with E-state index < -0.39 is 35.1 Å². The smallest absolute Gasteiger partial charge is 0.416 e. The van der Waals surface area contributed by atoms with E-state index in [2.05, 4.69) is 0 Å². The molecule has 6 nitrogen and oxygen atoms in total. The molecular formula is C22H24F3NO5. The van der Waals surface area contributed by atoms with Crippen LogP contribution in [0.15, 0.2) is 18.2 Å². The molecule has 0 N–H and O–H groups in total. The summed E-state index contributed by atoms with van der Waals surface area (Å²) in [6.07, 6.45) is -4.01. The molecule has 4 fully saturated rings. The Kier molecular flexibility index (Phi) is 4.32. The van der Waals surface area contributed by atoms with Gasteiger partial charge in [-0.3, -0.25) is 14.5 Å². The first kappa shape index (κ1) is 20.8. The number of alkyl halides is 3. The first-order valence-electron chi connectivity index (χ1n) is 10.4. The molecule has 4 heterocycles. The molecular weight excluding hydrogens is 415 g/mol. The molecule has 168 valence electrons. The van der Waals surface area contributed by atoms with E-state index >= 15 is 0 Å². The highest BCUT2D eigenvalue weighted by molar-refractivity contribution is 6.00. The molecule has 9 heteroatoms. The van der Waals surface area contributed by atoms with E-state index in [1.54, 1.807) is 0 Å². The van der Waals surface area contributed by atoms with Gasteiger partial charge in [-0.1, -0.05) is 6.07 Å². The summed E-state index contributed by atoms with van der Waals surface area (Å²) < 4.78 is 57.8. The van der Waals surface area contributed by atoms with Gasteiger partial charge in [-0.25, -0.2) is 0 Å². The zero-order valence-electron chi connectivity index (χ0n) is 17.5. The molecule has 1 spiro atoms. The predicted octanol–water partition coefficient (Wildman–Crippen LogP) is 3.45. The van der Waals surface area contributed by atoms with Crippen LogP contribution >= 0.6 is 0 Å². The maximum Gasteiger partial charge on any atom is 0.416 e. The van der Waals surface area contributed by atoms with E-state index in [0.717, 1.165) is 6.07 Å². The number of hydrogen-bond donors (Lipinski definition) is 0. The number of esters is 1. The van der Waals surface area contributed by atoms with Crippen LogP contribution in [0.5, 0.6) is 0 Å². The van der Waals surface area contributed by atoms with E-state index in [9.17, 15) is 22.8 Å². The molecule has 0 aromatic heterocycles. The van der Waals surface area contributed by atoms with Crippen molar-refractivity contribution in [1.82, 2.24) is 0 Å². The average Bonchev–Trinajstić information content (AvgIpc) is 3.25. The first-order chi connectivity index (χ1) is 14.5. The number of amides is 1. The lowest BCUT2D eigenvalue weighted by atomic mass is 9.60. The fourth-order valence-corrected chi connectivity index (χ4v) is 6.59. The largest absolute Gasteiger partial charge is 0.469 e. The second kappa shape index (κ2) is 6.45. The summed E-state index contributed by atoms with van der Waals surface area (Å²) in [7, 11) is 1.34. The number of fused-ring (bicyclic) bond motifs is 2. The fraction of sp³-hybridized carbons (Fsp3) is 0.636. The van der Waals surface area contributed by atoms with E-state index in [1.165, 1.54) is 31.1 Å². The summed E-state index contributed by atoms with van der Waals surface area (Å²) in [6, 6.07) is 3.87. The lowest BCUT2D eigenvalue weighted by molar-refractivity contribution is -0.159. The van der Waals surface area contributed by atoms with Crippen molar-refractivity contribution in [3.63, 3.8) is 0 Å². The highest BCUT2D eigenvalue weighted by Crippen LogP contribution is 2.68. The molecule has 6 atom stereocenters. The average molecular weight is 439 g/mol. The number of methoxy groups -OCH3 is 1. The topological polar surface area (TPSA) is 65.1 Å². The van der Waals surface area contributed by atoms with Crippen molar-refractivity contribution in [1.29, 1.82) is 0 Å². The van der Waals surface area contributed by atoms with E-state index in [1.807, 2.05) is 6.92 Å². The fourth-order valence-electron chi connectivity index (χ4n) is 6.59. The highest BCUT2D eigenvalue weighted by Gasteiger charge is 2.78. The molecule has 4 aliphatic heterocycles. The van der Waals surface area contributed by atoms with Crippen molar-refractivity contribution in [3.05, 3.63) is 29.3 Å². The van der Waals surface area contributed by atoms with E-state index in [-0.39, 0.29) is 41.4 Å². The van der Waals surface area contributed by atoms with Gasteiger partial charge in [0.2, 0.25) is 5.91 Å². The zero-order valence-corrected chi connectivity index (χ0v) is 17.5. The molecule has 1 aromatic carbocycles. The third-order valence-corrected chi connectivity index (χ3v) is 7.70. The van der Waals surface area contributed by atoms with Crippen LogP contribution in [0.25, 0.3) is 0 Å². The minimum atomic E-state index is -4.52. The number of carbonyl (C=O) groups excluding carboxylic acids is 2. The molecule has 31 heavy (non-hydrogen) atoms. The summed E-state index contributed by atoms with van der Waals surface area (Å²) in [5, 5.41) is 0. The van der Waals surface area contributed by atoms with Crippen LogP contribution in [0.4, 0.5) is 18.9 Å². The van der Waals surface area contributed by atoms with Crippen molar-refractivity contribution in [3.8, 4) is 0 Å². The Bertz CT molecular complexity index is 965. The van der Waals surface area contributed by atoms with E-state index in [4.69, 9.17) is 14.2 Å². The second-order valence-corrected chi connectivity index (χ2v) is 9.22. The number of rotatable bonds is 3. The van der Waals surface area contributed by atoms with E-state index in [0.29, 0.717) is 19.4 Å². The number of ether oxygens (including phenoxy) is 3. The molecule has 0 radical (unpaired) electrons. The molecule has 1 aromatic rings. The van der Waals surface area contributed by atoms with Crippen molar-refractivity contribution >= 4 is 17.6 Å². The Hall–Kier alpha value is -2.13. The summed E-state index contributed by atoms with van der Waals surface area (Å²) in [6.45, 7) is 3.54. The maximum absolute atomic E-state index is 13.6. The Balaban J connectivity index is 1.58. The van der Waals surface area contributed by atoms with Crippen LogP contribution in [0.1, 0.15) is 37.3 Å². The summed E-state index contributed by atoms with van der Waals surface area (Å²) >= 11 is 0. The predicted molar refractivity (Wildman–Crippen MR) is 102 cm³/mol. The van der Waals surface area contributed by atoms with Crippen molar-refractivity contribution in [2.45, 2.75) is 56.7 Å². The summed E-state index contributed by atoms with van der Waals surface area (Å²) in [4.78, 5) is 27.0. The molecule has 4 aliphatic rings. The van der Waals surface area contributed by atoms with Gasteiger partial charge >= 0.3 is 12.1 Å². The molecule has 4 saturated heterocycles. The van der Waals surface area contributed by atoms with Gasteiger partial charge in [0.25, 0.3) is 0 Å². The molecule has 0 aliphatic carbocycles. The van der Waals surface area contributed by atoms with Crippen LogP contribution in [-0.2, 0) is 30.0 Å². The summed E-state index contributed by atoms with van der Waals surface area (Å²) in [5.41, 5.74) is -2.08. The van der Waals surface area contributed by atoms with Gasteiger partial charge in [0, 0.05) is 23.9 Å². The van der Waals surface area contributed by atoms with Crippen LogP contribution in [0.3, 0.4) is 0 Å². The standard InChI is InChI=1S/C22H24F3NO5/c1-11-13(22(23,24)25)5-4-6-14(11)26-18(28)16-17-19(26)30-8-7-21(17)12(9-15(27)29-3)10-20(16,2)31-21/h4-6,12,16-17,19H,7-10H2,1-3H3/t12-,16+,17-,19-,20+,21-/m1/s1. The van der Waals surface area contributed by atoms with Gasteiger partial charge in [-0.2, -0.15) is 13.2 Å². The molecule has 0 saturated carbocycles. The normalized spacial score (nSPS) is 38.5. The van der Waals surface area contributed by atoms with Crippen LogP contribution in [0, 0.1) is 24.7 Å². The van der Waals surface area contributed by atoms with Gasteiger partial charge < -0.3 is 14.2 Å². The van der Waals surface area contributed by atoms with Crippen LogP contribution in [0.2, 0.25) is 0 Å². The second-order valence-electron chi connectivity index (χ2n) is 9.22. The number of halogens is 3. The number of carbonyl (C=O) groups is 2. The number of anilines is 1. The quantitative estimate of drug-likeness (QED) is 0.675. The van der Waals surface area contributed by atoms with Gasteiger partial charge in [0.1, 0.15) is 6.23 Å². The van der Waals surface area contributed by atoms with Gasteiger partial charge in [0.15, 0.2) is 0 Å². The third kappa shape index (κ3) is 2.65. The zero-order chi connectivity index (χ0) is 22.3. The number of hydrogen-bond acceptors (Lipinski definition) is 5. The van der Waals surface area contributed by atoms with Gasteiger partial charge in [-0.15, -0.1) is 0 Å².